The number of ether oxygens (including phenoxy) is 2. The van der Waals surface area contributed by atoms with Gasteiger partial charge in [-0.3, -0.25) is 4.79 Å². The Morgan fingerprint density at radius 2 is 2.06 bits per heavy atom. The number of benzene rings is 1. The molecule has 0 aliphatic heterocycles. The van der Waals surface area contributed by atoms with E-state index in [2.05, 4.69) is 53.8 Å². The van der Waals surface area contributed by atoms with Crippen LogP contribution in [0.3, 0.4) is 0 Å². The topological polar surface area (TPSA) is 98.5 Å². The van der Waals surface area contributed by atoms with Crippen molar-refractivity contribution in [1.82, 2.24) is 15.5 Å². The Hall–Kier alpha value is -3.03. The van der Waals surface area contributed by atoms with Gasteiger partial charge in [0.05, 0.1) is 7.11 Å². The summed E-state index contributed by atoms with van der Waals surface area (Å²) in [6, 6.07) is 5.95. The van der Waals surface area contributed by atoms with E-state index in [4.69, 9.17) is 13.9 Å². The normalized spacial score (nSPS) is 11.2. The molecule has 0 spiro atoms. The zero-order valence-electron chi connectivity index (χ0n) is 19.6. The Kier molecular flexibility index (Phi) is 11.1. The lowest BCUT2D eigenvalue weighted by molar-refractivity contribution is -0.121. The lowest BCUT2D eigenvalue weighted by Crippen LogP contribution is -2.22. The highest BCUT2D eigenvalue weighted by Gasteiger charge is 2.10. The van der Waals surface area contributed by atoms with Crippen LogP contribution in [0.1, 0.15) is 64.3 Å². The second-order valence-corrected chi connectivity index (χ2v) is 7.90. The molecule has 8 heteroatoms. The predicted octanol–water partition coefficient (Wildman–Crippen LogP) is 4.87. The van der Waals surface area contributed by atoms with E-state index in [0.717, 1.165) is 37.8 Å². The van der Waals surface area contributed by atoms with Gasteiger partial charge in [0.1, 0.15) is 0 Å². The van der Waals surface area contributed by atoms with E-state index in [0.29, 0.717) is 42.3 Å². The van der Waals surface area contributed by atoms with Crippen LogP contribution in [-0.2, 0) is 17.9 Å². The van der Waals surface area contributed by atoms with Crippen LogP contribution >= 0.6 is 0 Å². The number of nitrogens with zero attached hydrogens (tertiary/aromatic N) is 2. The maximum atomic E-state index is 12.1. The Bertz CT molecular complexity index is 848. The van der Waals surface area contributed by atoms with Crippen molar-refractivity contribution in [2.45, 2.75) is 66.0 Å². The number of rotatable bonds is 15. The van der Waals surface area contributed by atoms with Crippen LogP contribution in [0.15, 0.2) is 34.8 Å². The van der Waals surface area contributed by atoms with E-state index >= 15 is 0 Å². The van der Waals surface area contributed by atoms with Crippen molar-refractivity contribution in [3.8, 4) is 11.5 Å². The largest absolute Gasteiger partial charge is 0.493 e. The summed E-state index contributed by atoms with van der Waals surface area (Å²) in [6.07, 6.45) is 8.82. The highest BCUT2D eigenvalue weighted by molar-refractivity contribution is 5.75. The maximum Gasteiger partial charge on any atom is 0.315 e. The third-order valence-corrected chi connectivity index (χ3v) is 4.61. The summed E-state index contributed by atoms with van der Waals surface area (Å²) >= 11 is 0. The van der Waals surface area contributed by atoms with Crippen molar-refractivity contribution in [2.75, 3.05) is 19.0 Å². The predicted molar refractivity (Wildman–Crippen MR) is 125 cm³/mol. The van der Waals surface area contributed by atoms with Gasteiger partial charge >= 0.3 is 6.01 Å². The molecule has 0 radical (unpaired) electrons. The van der Waals surface area contributed by atoms with Gasteiger partial charge in [0.25, 0.3) is 5.89 Å². The van der Waals surface area contributed by atoms with Crippen molar-refractivity contribution in [1.29, 1.82) is 0 Å². The lowest BCUT2D eigenvalue weighted by atomic mass is 10.1. The molecule has 2 rings (SSSR count). The first-order chi connectivity index (χ1) is 15.5. The minimum absolute atomic E-state index is 0.0565. The van der Waals surface area contributed by atoms with E-state index in [9.17, 15) is 4.79 Å². The van der Waals surface area contributed by atoms with Crippen LogP contribution < -0.4 is 20.1 Å². The summed E-state index contributed by atoms with van der Waals surface area (Å²) < 4.78 is 16.7. The Morgan fingerprint density at radius 1 is 1.22 bits per heavy atom. The highest BCUT2D eigenvalue weighted by Crippen LogP contribution is 2.29. The van der Waals surface area contributed by atoms with E-state index in [1.807, 2.05) is 18.2 Å². The standard InChI is InChI=1S/C24H36N4O4/c1-5-14-25-24-28-27-23(32-24)17-31-20-13-12-19(15-21(20)30-4)16-26-22(29)11-9-7-6-8-10-18(2)3/h8,10,12-13,15,18H,5-7,9,11,14,16-17H2,1-4H3,(H,25,28)(H,26,29)/b10-8+. The molecule has 0 bridgehead atoms. The molecular formula is C24H36N4O4. The molecule has 0 aliphatic rings. The molecule has 1 aromatic carbocycles. The first kappa shape index (κ1) is 25.2. The fourth-order valence-corrected chi connectivity index (χ4v) is 2.90. The Balaban J connectivity index is 1.76. The molecule has 1 amide bonds. The van der Waals surface area contributed by atoms with Crippen LogP contribution in [0.2, 0.25) is 0 Å². The molecule has 0 atom stereocenters. The van der Waals surface area contributed by atoms with Crippen LogP contribution in [0, 0.1) is 5.92 Å². The van der Waals surface area contributed by atoms with Crippen LogP contribution in [0.5, 0.6) is 11.5 Å². The van der Waals surface area contributed by atoms with Crippen molar-refractivity contribution in [3.63, 3.8) is 0 Å². The molecule has 0 saturated carbocycles. The molecule has 2 N–H and O–H groups in total. The van der Waals surface area contributed by atoms with E-state index < -0.39 is 0 Å². The van der Waals surface area contributed by atoms with Crippen LogP contribution in [0.4, 0.5) is 6.01 Å². The van der Waals surface area contributed by atoms with Crippen molar-refractivity contribution >= 4 is 11.9 Å². The third kappa shape index (κ3) is 9.41. The summed E-state index contributed by atoms with van der Waals surface area (Å²) in [5.41, 5.74) is 0.936. The smallest absolute Gasteiger partial charge is 0.315 e. The minimum Gasteiger partial charge on any atom is -0.493 e. The average Bonchev–Trinajstić information content (AvgIpc) is 3.24. The molecule has 1 heterocycles. The number of anilines is 1. The van der Waals surface area contributed by atoms with Crippen molar-refractivity contribution in [3.05, 3.63) is 41.8 Å². The molecule has 2 aromatic rings. The summed E-state index contributed by atoms with van der Waals surface area (Å²) in [7, 11) is 1.58. The molecule has 32 heavy (non-hydrogen) atoms. The van der Waals surface area contributed by atoms with Crippen LogP contribution in [-0.4, -0.2) is 29.8 Å². The van der Waals surface area contributed by atoms with Gasteiger partial charge < -0.3 is 24.5 Å². The number of nitrogens with one attached hydrogen (secondary N) is 2. The number of methoxy groups -OCH3 is 1. The summed E-state index contributed by atoms with van der Waals surface area (Å²) in [6.45, 7) is 7.73. The molecule has 0 aliphatic carbocycles. The SMILES string of the molecule is CCCNc1nnc(COc2ccc(CNC(=O)CCCC/C=C/C(C)C)cc2OC)o1. The van der Waals surface area contributed by atoms with Gasteiger partial charge in [-0.15, -0.1) is 5.10 Å². The zero-order chi connectivity index (χ0) is 23.2. The van der Waals surface area contributed by atoms with E-state index in [1.165, 1.54) is 0 Å². The van der Waals surface area contributed by atoms with Crippen molar-refractivity contribution in [2.24, 2.45) is 5.92 Å². The van der Waals surface area contributed by atoms with Gasteiger partial charge in [0, 0.05) is 19.5 Å². The van der Waals surface area contributed by atoms with Gasteiger partial charge in [0.15, 0.2) is 18.1 Å². The van der Waals surface area contributed by atoms with E-state index in [1.54, 1.807) is 7.11 Å². The quantitative estimate of drug-likeness (QED) is 0.299. The van der Waals surface area contributed by atoms with Crippen molar-refractivity contribution < 1.29 is 18.7 Å². The van der Waals surface area contributed by atoms with Crippen LogP contribution in [0.25, 0.3) is 0 Å². The lowest BCUT2D eigenvalue weighted by Gasteiger charge is -2.12. The highest BCUT2D eigenvalue weighted by atomic mass is 16.5. The third-order valence-electron chi connectivity index (χ3n) is 4.61. The average molecular weight is 445 g/mol. The number of hydrogen-bond acceptors (Lipinski definition) is 7. The number of carbonyl (C=O) groups excluding carboxylic acids is 1. The summed E-state index contributed by atoms with van der Waals surface area (Å²) in [5.74, 6) is 2.16. The molecule has 0 unspecified atom stereocenters. The molecule has 8 nitrogen and oxygen atoms in total. The monoisotopic (exact) mass is 444 g/mol. The molecule has 176 valence electrons. The number of amides is 1. The van der Waals surface area contributed by atoms with Gasteiger partial charge in [-0.1, -0.05) is 44.1 Å². The maximum absolute atomic E-state index is 12.1. The molecule has 0 fully saturated rings. The molecule has 0 saturated heterocycles. The summed E-state index contributed by atoms with van der Waals surface area (Å²) in [5, 5.41) is 13.9. The van der Waals surface area contributed by atoms with Gasteiger partial charge in [0.2, 0.25) is 5.91 Å². The molecule has 1 aromatic heterocycles. The first-order valence-electron chi connectivity index (χ1n) is 11.3. The first-order valence-corrected chi connectivity index (χ1v) is 11.3. The van der Waals surface area contributed by atoms with E-state index in [-0.39, 0.29) is 12.5 Å². The zero-order valence-corrected chi connectivity index (χ0v) is 19.6. The number of aromatic nitrogens is 2. The number of hydrogen-bond donors (Lipinski definition) is 2. The second kappa shape index (κ2) is 14.1. The van der Waals surface area contributed by atoms with Gasteiger partial charge in [-0.2, -0.15) is 0 Å². The second-order valence-electron chi connectivity index (χ2n) is 7.90. The number of carbonyl (C=O) groups is 1. The Labute approximate surface area is 190 Å². The number of allylic oxidation sites excluding steroid dienone is 2. The fourth-order valence-electron chi connectivity index (χ4n) is 2.90. The molecular weight excluding hydrogens is 408 g/mol. The van der Waals surface area contributed by atoms with Gasteiger partial charge in [-0.05, 0) is 49.3 Å². The Morgan fingerprint density at radius 3 is 2.81 bits per heavy atom. The summed E-state index contributed by atoms with van der Waals surface area (Å²) in [4.78, 5) is 12.1. The van der Waals surface area contributed by atoms with Gasteiger partial charge in [-0.25, -0.2) is 0 Å². The minimum atomic E-state index is 0.0565. The fraction of sp³-hybridized carbons (Fsp3) is 0.542. The number of unbranched alkanes of at least 4 members (excludes halogenated alkanes) is 2.